The molecule has 1 aliphatic heterocycles. The van der Waals surface area contributed by atoms with Crippen LogP contribution in [0.15, 0.2) is 83.9 Å². The van der Waals surface area contributed by atoms with E-state index in [1.807, 2.05) is 42.5 Å². The standard InChI is InChI=1S/C24H22N2OS/c1-18-7-9-19(10-8-18)17-28-24-25-15-16-26(24)23(27)22-13-11-21(12-14-22)20-5-3-2-4-6-20/h2-14H,15-17H2,1H3. The molecule has 0 aliphatic carbocycles. The Hall–Kier alpha value is -2.85. The molecule has 4 rings (SSSR count). The lowest BCUT2D eigenvalue weighted by Gasteiger charge is -2.18. The number of rotatable bonds is 4. The van der Waals surface area contributed by atoms with Crippen molar-refractivity contribution in [1.82, 2.24) is 4.90 Å². The van der Waals surface area contributed by atoms with Gasteiger partial charge in [0.2, 0.25) is 0 Å². The molecule has 0 saturated heterocycles. The number of amides is 1. The maximum Gasteiger partial charge on any atom is 0.259 e. The van der Waals surface area contributed by atoms with Crippen LogP contribution in [0.3, 0.4) is 0 Å². The Kier molecular flexibility index (Phi) is 5.58. The van der Waals surface area contributed by atoms with Crippen molar-refractivity contribution in [2.45, 2.75) is 12.7 Å². The molecule has 4 heteroatoms. The van der Waals surface area contributed by atoms with Gasteiger partial charge in [-0.3, -0.25) is 14.7 Å². The number of amidine groups is 1. The third kappa shape index (κ3) is 4.18. The molecule has 0 fully saturated rings. The molecular weight excluding hydrogens is 364 g/mol. The first-order valence-corrected chi connectivity index (χ1v) is 10.4. The summed E-state index contributed by atoms with van der Waals surface area (Å²) in [6.07, 6.45) is 0. The first-order chi connectivity index (χ1) is 13.7. The van der Waals surface area contributed by atoms with Crippen molar-refractivity contribution < 1.29 is 4.79 Å². The number of benzene rings is 3. The van der Waals surface area contributed by atoms with E-state index >= 15 is 0 Å². The Labute approximate surface area is 170 Å². The molecule has 3 nitrogen and oxygen atoms in total. The smallest absolute Gasteiger partial charge is 0.259 e. The fraction of sp³-hybridized carbons (Fsp3) is 0.167. The summed E-state index contributed by atoms with van der Waals surface area (Å²) in [4.78, 5) is 19.3. The number of nitrogens with zero attached hydrogens (tertiary/aromatic N) is 2. The Morgan fingerprint density at radius 1 is 0.929 bits per heavy atom. The lowest BCUT2D eigenvalue weighted by atomic mass is 10.0. The van der Waals surface area contributed by atoms with Gasteiger partial charge in [-0.1, -0.05) is 84.1 Å². The van der Waals surface area contributed by atoms with Gasteiger partial charge in [-0.2, -0.15) is 0 Å². The molecule has 1 amide bonds. The maximum atomic E-state index is 13.0. The Morgan fingerprint density at radius 3 is 2.32 bits per heavy atom. The highest BCUT2D eigenvalue weighted by molar-refractivity contribution is 8.13. The number of aliphatic imine (C=N–C) groups is 1. The minimum Gasteiger partial charge on any atom is -0.286 e. The zero-order valence-electron chi connectivity index (χ0n) is 15.8. The lowest BCUT2D eigenvalue weighted by molar-refractivity contribution is 0.0860. The van der Waals surface area contributed by atoms with E-state index in [-0.39, 0.29) is 5.91 Å². The van der Waals surface area contributed by atoms with Crippen LogP contribution in [0.5, 0.6) is 0 Å². The molecule has 28 heavy (non-hydrogen) atoms. The predicted octanol–water partition coefficient (Wildman–Crippen LogP) is 5.41. The van der Waals surface area contributed by atoms with Crippen LogP contribution in [-0.4, -0.2) is 29.1 Å². The summed E-state index contributed by atoms with van der Waals surface area (Å²) < 4.78 is 0. The van der Waals surface area contributed by atoms with E-state index in [0.29, 0.717) is 18.7 Å². The summed E-state index contributed by atoms with van der Waals surface area (Å²) in [6, 6.07) is 26.5. The van der Waals surface area contributed by atoms with Gasteiger partial charge in [0.1, 0.15) is 0 Å². The number of hydrogen-bond acceptors (Lipinski definition) is 3. The molecule has 140 valence electrons. The molecule has 0 spiro atoms. The van der Waals surface area contributed by atoms with Crippen molar-refractivity contribution in [2.24, 2.45) is 4.99 Å². The van der Waals surface area contributed by atoms with Crippen molar-refractivity contribution in [3.05, 3.63) is 95.6 Å². The molecule has 0 saturated carbocycles. The topological polar surface area (TPSA) is 32.7 Å². The van der Waals surface area contributed by atoms with Crippen molar-refractivity contribution in [1.29, 1.82) is 0 Å². The summed E-state index contributed by atoms with van der Waals surface area (Å²) in [5, 5.41) is 0.817. The van der Waals surface area contributed by atoms with Crippen LogP contribution in [0.1, 0.15) is 21.5 Å². The fourth-order valence-electron chi connectivity index (χ4n) is 3.16. The maximum absolute atomic E-state index is 13.0. The third-order valence-electron chi connectivity index (χ3n) is 4.77. The minimum atomic E-state index is 0.0206. The monoisotopic (exact) mass is 386 g/mol. The van der Waals surface area contributed by atoms with Crippen LogP contribution in [0.4, 0.5) is 0 Å². The number of carbonyl (C=O) groups is 1. The molecule has 0 aromatic heterocycles. The van der Waals surface area contributed by atoms with Gasteiger partial charge >= 0.3 is 0 Å². The lowest BCUT2D eigenvalue weighted by Crippen LogP contribution is -2.32. The molecule has 0 radical (unpaired) electrons. The van der Waals surface area contributed by atoms with Crippen molar-refractivity contribution in [2.75, 3.05) is 13.1 Å². The zero-order chi connectivity index (χ0) is 19.3. The second kappa shape index (κ2) is 8.44. The molecule has 3 aromatic carbocycles. The van der Waals surface area contributed by atoms with Crippen LogP contribution in [0, 0.1) is 6.92 Å². The fourth-order valence-corrected chi connectivity index (χ4v) is 4.16. The molecule has 1 aliphatic rings. The van der Waals surface area contributed by atoms with Gasteiger partial charge in [-0.15, -0.1) is 0 Å². The Balaban J connectivity index is 1.43. The Bertz CT molecular complexity index is 979. The van der Waals surface area contributed by atoms with Crippen molar-refractivity contribution >= 4 is 22.8 Å². The van der Waals surface area contributed by atoms with Crippen LogP contribution < -0.4 is 0 Å². The van der Waals surface area contributed by atoms with E-state index < -0.39 is 0 Å². The largest absolute Gasteiger partial charge is 0.286 e. The Morgan fingerprint density at radius 2 is 1.61 bits per heavy atom. The molecular formula is C24H22N2OS. The van der Waals surface area contributed by atoms with Gasteiger partial charge in [-0.05, 0) is 35.7 Å². The SMILES string of the molecule is Cc1ccc(CSC2=NCCN2C(=O)c2ccc(-c3ccccc3)cc2)cc1. The summed E-state index contributed by atoms with van der Waals surface area (Å²) in [7, 11) is 0. The quantitative estimate of drug-likeness (QED) is 0.601. The molecule has 3 aromatic rings. The van der Waals surface area contributed by atoms with Gasteiger partial charge in [0.25, 0.3) is 5.91 Å². The third-order valence-corrected chi connectivity index (χ3v) is 5.86. The van der Waals surface area contributed by atoms with Crippen LogP contribution in [0.25, 0.3) is 11.1 Å². The van der Waals surface area contributed by atoms with Gasteiger partial charge < -0.3 is 0 Å². The summed E-state index contributed by atoms with van der Waals surface area (Å²) >= 11 is 1.63. The first-order valence-electron chi connectivity index (χ1n) is 9.41. The van der Waals surface area contributed by atoms with Crippen molar-refractivity contribution in [3.8, 4) is 11.1 Å². The number of carbonyl (C=O) groups excluding carboxylic acids is 1. The highest BCUT2D eigenvalue weighted by Gasteiger charge is 2.25. The van der Waals surface area contributed by atoms with Gasteiger partial charge in [0.15, 0.2) is 5.17 Å². The second-order valence-electron chi connectivity index (χ2n) is 6.84. The zero-order valence-corrected chi connectivity index (χ0v) is 16.7. The first kappa shape index (κ1) is 18.5. The van der Waals surface area contributed by atoms with Crippen LogP contribution in [0.2, 0.25) is 0 Å². The average Bonchev–Trinajstić information content (AvgIpc) is 3.22. The van der Waals surface area contributed by atoms with E-state index in [0.717, 1.165) is 22.0 Å². The van der Waals surface area contributed by atoms with E-state index in [2.05, 4.69) is 48.3 Å². The van der Waals surface area contributed by atoms with Crippen LogP contribution >= 0.6 is 11.8 Å². The van der Waals surface area contributed by atoms with E-state index in [9.17, 15) is 4.79 Å². The van der Waals surface area contributed by atoms with Gasteiger partial charge in [0, 0.05) is 17.9 Å². The number of thioether (sulfide) groups is 1. The minimum absolute atomic E-state index is 0.0206. The van der Waals surface area contributed by atoms with Crippen LogP contribution in [-0.2, 0) is 5.75 Å². The predicted molar refractivity (Wildman–Crippen MR) is 118 cm³/mol. The molecule has 0 bridgehead atoms. The summed E-state index contributed by atoms with van der Waals surface area (Å²) in [6.45, 7) is 3.40. The summed E-state index contributed by atoms with van der Waals surface area (Å²) in [5.74, 6) is 0.836. The number of hydrogen-bond donors (Lipinski definition) is 0. The normalized spacial score (nSPS) is 13.5. The van der Waals surface area contributed by atoms with E-state index in [1.54, 1.807) is 16.7 Å². The van der Waals surface area contributed by atoms with Crippen molar-refractivity contribution in [3.63, 3.8) is 0 Å². The van der Waals surface area contributed by atoms with E-state index in [1.165, 1.54) is 11.1 Å². The molecule has 0 atom stereocenters. The van der Waals surface area contributed by atoms with Gasteiger partial charge in [0.05, 0.1) is 6.54 Å². The molecule has 0 unspecified atom stereocenters. The van der Waals surface area contributed by atoms with Gasteiger partial charge in [-0.25, -0.2) is 0 Å². The average molecular weight is 387 g/mol. The number of aryl methyl sites for hydroxylation is 1. The molecule has 0 N–H and O–H groups in total. The highest BCUT2D eigenvalue weighted by Crippen LogP contribution is 2.23. The van der Waals surface area contributed by atoms with E-state index in [4.69, 9.17) is 0 Å². The summed E-state index contributed by atoms with van der Waals surface area (Å²) in [5.41, 5.74) is 5.46. The highest BCUT2D eigenvalue weighted by atomic mass is 32.2. The molecule has 1 heterocycles. The second-order valence-corrected chi connectivity index (χ2v) is 7.78.